The van der Waals surface area contributed by atoms with Crippen LogP contribution in [-0.4, -0.2) is 51.1 Å². The summed E-state index contributed by atoms with van der Waals surface area (Å²) < 4.78 is 15.9. The molecule has 0 aliphatic rings. The predicted octanol–water partition coefficient (Wildman–Crippen LogP) is 4.66. The molecule has 0 radical (unpaired) electrons. The van der Waals surface area contributed by atoms with Crippen LogP contribution in [0.2, 0.25) is 0 Å². The third kappa shape index (κ3) is 7.01. The molecule has 7 nitrogen and oxygen atoms in total. The monoisotopic (exact) mass is 490 g/mol. The predicted molar refractivity (Wildman–Crippen MR) is 140 cm³/mol. The third-order valence-electron chi connectivity index (χ3n) is 6.09. The Morgan fingerprint density at radius 3 is 2.31 bits per heavy atom. The number of hydrogen-bond acceptors (Lipinski definition) is 5. The SMILES string of the molecule is COc1cccc(C(=O)N(CCC(=O)NCCc2ccc(OC)c(OC)c2)C(C)c2ccccc2)c1. The molecule has 1 N–H and O–H groups in total. The number of benzene rings is 3. The van der Waals surface area contributed by atoms with E-state index in [0.717, 1.165) is 11.1 Å². The van der Waals surface area contributed by atoms with Crippen LogP contribution in [0.25, 0.3) is 0 Å². The summed E-state index contributed by atoms with van der Waals surface area (Å²) in [6, 6.07) is 22.4. The molecule has 1 atom stereocenters. The van der Waals surface area contributed by atoms with Crippen LogP contribution in [0.15, 0.2) is 72.8 Å². The van der Waals surface area contributed by atoms with E-state index in [2.05, 4.69) is 5.32 Å². The van der Waals surface area contributed by atoms with Crippen LogP contribution in [0.1, 0.15) is 40.9 Å². The molecule has 0 aromatic heterocycles. The fraction of sp³-hybridized carbons (Fsp3) is 0.310. The van der Waals surface area contributed by atoms with E-state index in [1.807, 2.05) is 55.5 Å². The first-order chi connectivity index (χ1) is 17.5. The maximum Gasteiger partial charge on any atom is 0.254 e. The van der Waals surface area contributed by atoms with E-state index in [9.17, 15) is 9.59 Å². The van der Waals surface area contributed by atoms with Gasteiger partial charge in [-0.15, -0.1) is 0 Å². The highest BCUT2D eigenvalue weighted by Gasteiger charge is 2.24. The fourth-order valence-corrected chi connectivity index (χ4v) is 4.00. The number of rotatable bonds is 12. The number of nitrogens with one attached hydrogen (secondary N) is 1. The van der Waals surface area contributed by atoms with Gasteiger partial charge in [0.1, 0.15) is 5.75 Å². The topological polar surface area (TPSA) is 77.1 Å². The van der Waals surface area contributed by atoms with Crippen molar-refractivity contribution in [3.05, 3.63) is 89.5 Å². The van der Waals surface area contributed by atoms with E-state index >= 15 is 0 Å². The van der Waals surface area contributed by atoms with Crippen molar-refractivity contribution in [2.45, 2.75) is 25.8 Å². The molecule has 3 aromatic rings. The first-order valence-corrected chi connectivity index (χ1v) is 11.9. The fourth-order valence-electron chi connectivity index (χ4n) is 4.00. The summed E-state index contributed by atoms with van der Waals surface area (Å²) in [5, 5.41) is 2.96. The minimum Gasteiger partial charge on any atom is -0.497 e. The van der Waals surface area contributed by atoms with Crippen molar-refractivity contribution in [1.29, 1.82) is 0 Å². The van der Waals surface area contributed by atoms with E-state index in [-0.39, 0.29) is 30.8 Å². The van der Waals surface area contributed by atoms with Gasteiger partial charge in [0.05, 0.1) is 27.4 Å². The zero-order chi connectivity index (χ0) is 25.9. The Kier molecular flexibility index (Phi) is 9.74. The van der Waals surface area contributed by atoms with Gasteiger partial charge >= 0.3 is 0 Å². The lowest BCUT2D eigenvalue weighted by molar-refractivity contribution is -0.121. The average Bonchev–Trinajstić information content (AvgIpc) is 2.93. The number of amides is 2. The maximum atomic E-state index is 13.5. The van der Waals surface area contributed by atoms with Crippen LogP contribution < -0.4 is 19.5 Å². The van der Waals surface area contributed by atoms with Crippen molar-refractivity contribution in [1.82, 2.24) is 10.2 Å². The highest BCUT2D eigenvalue weighted by atomic mass is 16.5. The number of nitrogens with zero attached hydrogens (tertiary/aromatic N) is 1. The van der Waals surface area contributed by atoms with Gasteiger partial charge < -0.3 is 24.4 Å². The van der Waals surface area contributed by atoms with Crippen LogP contribution >= 0.6 is 0 Å². The second-order valence-corrected chi connectivity index (χ2v) is 8.36. The molecule has 1 unspecified atom stereocenters. The standard InChI is InChI=1S/C29H34N2O5/c1-21(23-9-6-5-7-10-23)31(29(33)24-11-8-12-25(20-24)34-2)18-16-28(32)30-17-15-22-13-14-26(35-3)27(19-22)36-4/h5-14,19-21H,15-18H2,1-4H3,(H,30,32). The largest absolute Gasteiger partial charge is 0.497 e. The highest BCUT2D eigenvalue weighted by molar-refractivity contribution is 5.95. The Morgan fingerprint density at radius 1 is 0.861 bits per heavy atom. The van der Waals surface area contributed by atoms with Gasteiger partial charge in [0.25, 0.3) is 5.91 Å². The molecule has 190 valence electrons. The van der Waals surface area contributed by atoms with Gasteiger partial charge in [-0.2, -0.15) is 0 Å². The molecule has 0 aliphatic carbocycles. The Bertz CT molecular complexity index is 1150. The lowest BCUT2D eigenvalue weighted by Crippen LogP contribution is -2.37. The maximum absolute atomic E-state index is 13.5. The van der Waals surface area contributed by atoms with Crippen molar-refractivity contribution in [3.63, 3.8) is 0 Å². The zero-order valence-electron chi connectivity index (χ0n) is 21.3. The van der Waals surface area contributed by atoms with Crippen LogP contribution in [-0.2, 0) is 11.2 Å². The Hall–Kier alpha value is -4.00. The van der Waals surface area contributed by atoms with Crippen LogP contribution in [0.4, 0.5) is 0 Å². The Morgan fingerprint density at radius 2 is 1.61 bits per heavy atom. The van der Waals surface area contributed by atoms with Gasteiger partial charge in [0, 0.05) is 25.1 Å². The van der Waals surface area contributed by atoms with Gasteiger partial charge in [0.2, 0.25) is 5.91 Å². The average molecular weight is 491 g/mol. The summed E-state index contributed by atoms with van der Waals surface area (Å²) >= 11 is 0. The Balaban J connectivity index is 1.64. The van der Waals surface area contributed by atoms with Crippen molar-refractivity contribution in [3.8, 4) is 17.2 Å². The molecule has 3 rings (SSSR count). The van der Waals surface area contributed by atoms with E-state index in [4.69, 9.17) is 14.2 Å². The molecule has 0 fully saturated rings. The summed E-state index contributed by atoms with van der Waals surface area (Å²) in [7, 11) is 4.76. The molecule has 0 aliphatic heterocycles. The summed E-state index contributed by atoms with van der Waals surface area (Å²) in [5.41, 5.74) is 2.55. The van der Waals surface area contributed by atoms with E-state index in [1.165, 1.54) is 0 Å². The molecule has 0 saturated heterocycles. The van der Waals surface area contributed by atoms with Crippen molar-refractivity contribution in [2.24, 2.45) is 0 Å². The summed E-state index contributed by atoms with van der Waals surface area (Å²) in [5.74, 6) is 1.67. The molecule has 2 amide bonds. The summed E-state index contributed by atoms with van der Waals surface area (Å²) in [4.78, 5) is 27.9. The molecule has 0 heterocycles. The smallest absolute Gasteiger partial charge is 0.254 e. The first-order valence-electron chi connectivity index (χ1n) is 11.9. The third-order valence-corrected chi connectivity index (χ3v) is 6.09. The van der Waals surface area contributed by atoms with Crippen molar-refractivity contribution < 1.29 is 23.8 Å². The summed E-state index contributed by atoms with van der Waals surface area (Å²) in [6.45, 7) is 2.74. The minimum absolute atomic E-state index is 0.112. The van der Waals surface area contributed by atoms with E-state index in [0.29, 0.717) is 35.8 Å². The Labute approximate surface area is 213 Å². The van der Waals surface area contributed by atoms with Crippen molar-refractivity contribution in [2.75, 3.05) is 34.4 Å². The number of methoxy groups -OCH3 is 3. The lowest BCUT2D eigenvalue weighted by atomic mass is 10.0. The lowest BCUT2D eigenvalue weighted by Gasteiger charge is -2.30. The van der Waals surface area contributed by atoms with Gasteiger partial charge in [-0.3, -0.25) is 9.59 Å². The molecular formula is C29H34N2O5. The minimum atomic E-state index is -0.204. The van der Waals surface area contributed by atoms with Crippen molar-refractivity contribution >= 4 is 11.8 Å². The second-order valence-electron chi connectivity index (χ2n) is 8.36. The van der Waals surface area contributed by atoms with E-state index < -0.39 is 0 Å². The van der Waals surface area contributed by atoms with Gasteiger partial charge in [-0.1, -0.05) is 42.5 Å². The number of carbonyl (C=O) groups is 2. The molecule has 7 heteroatoms. The van der Waals surface area contributed by atoms with Crippen LogP contribution in [0, 0.1) is 0 Å². The zero-order valence-corrected chi connectivity index (χ0v) is 21.3. The molecule has 0 spiro atoms. The van der Waals surface area contributed by atoms with Crippen LogP contribution in [0.5, 0.6) is 17.2 Å². The molecule has 0 bridgehead atoms. The normalized spacial score (nSPS) is 11.3. The quantitative estimate of drug-likeness (QED) is 0.399. The second kappa shape index (κ2) is 13.2. The molecular weight excluding hydrogens is 456 g/mol. The highest BCUT2D eigenvalue weighted by Crippen LogP contribution is 2.27. The van der Waals surface area contributed by atoms with Gasteiger partial charge in [-0.25, -0.2) is 0 Å². The first kappa shape index (κ1) is 26.6. The van der Waals surface area contributed by atoms with Crippen LogP contribution in [0.3, 0.4) is 0 Å². The molecule has 36 heavy (non-hydrogen) atoms. The van der Waals surface area contributed by atoms with E-state index in [1.54, 1.807) is 50.5 Å². The molecule has 3 aromatic carbocycles. The van der Waals surface area contributed by atoms with Gasteiger partial charge in [-0.05, 0) is 54.8 Å². The molecule has 0 saturated carbocycles. The number of hydrogen-bond donors (Lipinski definition) is 1. The number of ether oxygens (including phenoxy) is 3. The number of carbonyl (C=O) groups excluding carboxylic acids is 2. The summed E-state index contributed by atoms with van der Waals surface area (Å²) in [6.07, 6.45) is 0.845. The van der Waals surface area contributed by atoms with Gasteiger partial charge in [0.15, 0.2) is 11.5 Å².